The molecule has 3 heterocycles. The second kappa shape index (κ2) is 6.67. The number of carbonyl (C=O) groups is 1. The molecule has 26 heavy (non-hydrogen) atoms. The number of fused-ring (bicyclic) bond motifs is 1. The fourth-order valence-electron chi connectivity index (χ4n) is 3.39. The Labute approximate surface area is 151 Å². The zero-order valence-corrected chi connectivity index (χ0v) is 14.8. The van der Waals surface area contributed by atoms with Crippen LogP contribution in [-0.4, -0.2) is 30.6 Å². The molecule has 0 fully saturated rings. The highest BCUT2D eigenvalue weighted by Crippen LogP contribution is 2.29. The van der Waals surface area contributed by atoms with Crippen LogP contribution in [0.5, 0.6) is 0 Å². The molecule has 0 aromatic carbocycles. The Morgan fingerprint density at radius 1 is 1.31 bits per heavy atom. The molecule has 7 nitrogen and oxygen atoms in total. The van der Waals surface area contributed by atoms with Gasteiger partial charge in [-0.25, -0.2) is 9.97 Å². The van der Waals surface area contributed by atoms with Gasteiger partial charge in [0.1, 0.15) is 5.69 Å². The Balaban J connectivity index is 1.59. The third kappa shape index (κ3) is 3.08. The SMILES string of the molecule is Cc1cc(C(=O)NC2CCCc3nc(-c4ccncc4)ncc32)n(C)n1. The summed E-state index contributed by atoms with van der Waals surface area (Å²) >= 11 is 0. The van der Waals surface area contributed by atoms with Gasteiger partial charge in [-0.1, -0.05) is 0 Å². The lowest BCUT2D eigenvalue weighted by atomic mass is 9.92. The summed E-state index contributed by atoms with van der Waals surface area (Å²) in [4.78, 5) is 25.9. The first-order valence-electron chi connectivity index (χ1n) is 8.69. The molecule has 0 radical (unpaired) electrons. The van der Waals surface area contributed by atoms with Crippen molar-refractivity contribution in [1.29, 1.82) is 0 Å². The molecule has 1 amide bonds. The van der Waals surface area contributed by atoms with Crippen LogP contribution < -0.4 is 5.32 Å². The van der Waals surface area contributed by atoms with Crippen molar-refractivity contribution < 1.29 is 4.79 Å². The molecule has 0 saturated carbocycles. The van der Waals surface area contributed by atoms with Gasteiger partial charge < -0.3 is 5.32 Å². The molecule has 0 bridgehead atoms. The van der Waals surface area contributed by atoms with E-state index in [1.807, 2.05) is 25.3 Å². The Hall–Kier alpha value is -3.09. The van der Waals surface area contributed by atoms with E-state index in [2.05, 4.69) is 20.4 Å². The van der Waals surface area contributed by atoms with Gasteiger partial charge in [0.25, 0.3) is 5.91 Å². The quantitative estimate of drug-likeness (QED) is 0.785. The average Bonchev–Trinajstić information content (AvgIpc) is 3.00. The van der Waals surface area contributed by atoms with Gasteiger partial charge in [0.2, 0.25) is 0 Å². The Bertz CT molecular complexity index is 950. The van der Waals surface area contributed by atoms with Gasteiger partial charge in [0.05, 0.1) is 11.7 Å². The lowest BCUT2D eigenvalue weighted by Crippen LogP contribution is -2.32. The van der Waals surface area contributed by atoms with E-state index in [4.69, 9.17) is 4.98 Å². The molecule has 0 spiro atoms. The van der Waals surface area contributed by atoms with Gasteiger partial charge in [-0.3, -0.25) is 14.5 Å². The lowest BCUT2D eigenvalue weighted by Gasteiger charge is -2.25. The Morgan fingerprint density at radius 2 is 2.12 bits per heavy atom. The zero-order chi connectivity index (χ0) is 18.1. The molecule has 0 aliphatic heterocycles. The molecular weight excluding hydrogens is 328 g/mol. The minimum absolute atomic E-state index is 0.0760. The third-order valence-corrected chi connectivity index (χ3v) is 4.66. The predicted octanol–water partition coefficient (Wildman–Crippen LogP) is 2.39. The maximum Gasteiger partial charge on any atom is 0.270 e. The molecular formula is C19H20N6O. The average molecular weight is 348 g/mol. The van der Waals surface area contributed by atoms with Crippen molar-refractivity contribution >= 4 is 5.91 Å². The number of carbonyl (C=O) groups excluding carboxylic acids is 1. The van der Waals surface area contributed by atoms with Crippen LogP contribution in [0.3, 0.4) is 0 Å². The van der Waals surface area contributed by atoms with Crippen LogP contribution in [-0.2, 0) is 13.5 Å². The summed E-state index contributed by atoms with van der Waals surface area (Å²) in [6.07, 6.45) is 8.07. The summed E-state index contributed by atoms with van der Waals surface area (Å²) in [5.41, 5.74) is 4.33. The van der Waals surface area contributed by atoms with Crippen LogP contribution in [0.2, 0.25) is 0 Å². The van der Waals surface area contributed by atoms with Gasteiger partial charge in [-0.05, 0) is 44.4 Å². The predicted molar refractivity (Wildman–Crippen MR) is 96.4 cm³/mol. The summed E-state index contributed by atoms with van der Waals surface area (Å²) < 4.78 is 1.61. The summed E-state index contributed by atoms with van der Waals surface area (Å²) in [7, 11) is 1.78. The van der Waals surface area contributed by atoms with E-state index < -0.39 is 0 Å². The number of aryl methyl sites for hydroxylation is 3. The fraction of sp³-hybridized carbons (Fsp3) is 0.316. The van der Waals surface area contributed by atoms with Gasteiger partial charge in [-0.2, -0.15) is 5.10 Å². The third-order valence-electron chi connectivity index (χ3n) is 4.66. The van der Waals surface area contributed by atoms with Crippen LogP contribution in [0.15, 0.2) is 36.8 Å². The number of nitrogens with zero attached hydrogens (tertiary/aromatic N) is 5. The molecule has 1 aliphatic rings. The molecule has 1 atom stereocenters. The van der Waals surface area contributed by atoms with Crippen molar-refractivity contribution in [3.8, 4) is 11.4 Å². The summed E-state index contributed by atoms with van der Waals surface area (Å²) in [5.74, 6) is 0.574. The summed E-state index contributed by atoms with van der Waals surface area (Å²) in [5, 5.41) is 7.36. The van der Waals surface area contributed by atoms with Crippen LogP contribution in [0.4, 0.5) is 0 Å². The van der Waals surface area contributed by atoms with Crippen molar-refractivity contribution in [3.63, 3.8) is 0 Å². The second-order valence-corrected chi connectivity index (χ2v) is 6.54. The highest BCUT2D eigenvalue weighted by atomic mass is 16.2. The van der Waals surface area contributed by atoms with Gasteiger partial charge in [0, 0.05) is 42.5 Å². The lowest BCUT2D eigenvalue weighted by molar-refractivity contribution is 0.0923. The number of amides is 1. The first-order chi connectivity index (χ1) is 12.6. The first kappa shape index (κ1) is 16.4. The topological polar surface area (TPSA) is 85.6 Å². The van der Waals surface area contributed by atoms with Crippen molar-refractivity contribution in [3.05, 3.63) is 59.4 Å². The van der Waals surface area contributed by atoms with Crippen LogP contribution in [0, 0.1) is 6.92 Å². The monoisotopic (exact) mass is 348 g/mol. The van der Waals surface area contributed by atoms with E-state index in [1.54, 1.807) is 30.2 Å². The van der Waals surface area contributed by atoms with Crippen LogP contribution in [0.25, 0.3) is 11.4 Å². The molecule has 7 heteroatoms. The smallest absolute Gasteiger partial charge is 0.270 e. The van der Waals surface area contributed by atoms with Crippen molar-refractivity contribution in [2.24, 2.45) is 7.05 Å². The molecule has 3 aromatic heterocycles. The molecule has 132 valence electrons. The largest absolute Gasteiger partial charge is 0.344 e. The van der Waals surface area contributed by atoms with E-state index in [0.717, 1.165) is 41.8 Å². The summed E-state index contributed by atoms with van der Waals surface area (Å²) in [6.45, 7) is 1.88. The fourth-order valence-corrected chi connectivity index (χ4v) is 3.39. The number of hydrogen-bond acceptors (Lipinski definition) is 5. The Morgan fingerprint density at radius 3 is 2.85 bits per heavy atom. The minimum atomic E-state index is -0.121. The van der Waals surface area contributed by atoms with E-state index in [1.165, 1.54) is 0 Å². The number of aromatic nitrogens is 5. The number of hydrogen-bond donors (Lipinski definition) is 1. The maximum absolute atomic E-state index is 12.6. The summed E-state index contributed by atoms with van der Waals surface area (Å²) in [6, 6.07) is 5.51. The van der Waals surface area contributed by atoms with E-state index in [9.17, 15) is 4.79 Å². The van der Waals surface area contributed by atoms with Crippen LogP contribution >= 0.6 is 0 Å². The van der Waals surface area contributed by atoms with Crippen molar-refractivity contribution in [2.45, 2.75) is 32.2 Å². The molecule has 1 N–H and O–H groups in total. The number of pyridine rings is 1. The van der Waals surface area contributed by atoms with E-state index >= 15 is 0 Å². The first-order valence-corrected chi connectivity index (χ1v) is 8.69. The van der Waals surface area contributed by atoms with Crippen LogP contribution in [0.1, 0.15) is 46.3 Å². The molecule has 0 saturated heterocycles. The van der Waals surface area contributed by atoms with E-state index in [0.29, 0.717) is 11.5 Å². The Kier molecular flexibility index (Phi) is 4.20. The number of rotatable bonds is 3. The second-order valence-electron chi connectivity index (χ2n) is 6.54. The normalized spacial score (nSPS) is 16.2. The standard InChI is InChI=1S/C19H20N6O/c1-12-10-17(25(2)24-12)19(26)23-16-5-3-4-15-14(16)11-21-18(22-15)13-6-8-20-9-7-13/h6-11,16H,3-5H2,1-2H3,(H,23,26). The minimum Gasteiger partial charge on any atom is -0.344 e. The number of nitrogens with one attached hydrogen (secondary N) is 1. The van der Waals surface area contributed by atoms with E-state index in [-0.39, 0.29) is 11.9 Å². The molecule has 1 unspecified atom stereocenters. The molecule has 3 aromatic rings. The van der Waals surface area contributed by atoms with Gasteiger partial charge in [0.15, 0.2) is 5.82 Å². The highest BCUT2D eigenvalue weighted by Gasteiger charge is 2.25. The molecule has 1 aliphatic carbocycles. The van der Waals surface area contributed by atoms with Crippen molar-refractivity contribution in [2.75, 3.05) is 0 Å². The van der Waals surface area contributed by atoms with Gasteiger partial charge >= 0.3 is 0 Å². The molecule has 4 rings (SSSR count). The maximum atomic E-state index is 12.6. The zero-order valence-electron chi connectivity index (χ0n) is 14.8. The highest BCUT2D eigenvalue weighted by molar-refractivity contribution is 5.93. The van der Waals surface area contributed by atoms with Gasteiger partial charge in [-0.15, -0.1) is 0 Å². The van der Waals surface area contributed by atoms with Crippen molar-refractivity contribution in [1.82, 2.24) is 30.0 Å².